The van der Waals surface area contributed by atoms with E-state index in [2.05, 4.69) is 65.4 Å². The van der Waals surface area contributed by atoms with Gasteiger partial charge < -0.3 is 10.6 Å². The predicted octanol–water partition coefficient (Wildman–Crippen LogP) is 4.39. The van der Waals surface area contributed by atoms with Crippen LogP contribution >= 0.6 is 24.0 Å². The highest BCUT2D eigenvalue weighted by Crippen LogP contribution is 2.20. The monoisotopic (exact) mass is 316 g/mol. The quantitative estimate of drug-likeness (QED) is 0.609. The summed E-state index contributed by atoms with van der Waals surface area (Å²) >= 11 is 7.14. The van der Waals surface area contributed by atoms with Gasteiger partial charge in [-0.3, -0.25) is 0 Å². The van der Waals surface area contributed by atoms with Crippen molar-refractivity contribution in [1.29, 1.82) is 0 Å². The molecule has 2 aromatic carbocycles. The Morgan fingerprint density at radius 1 is 1.00 bits per heavy atom. The second-order valence-corrected chi connectivity index (χ2v) is 6.06. The van der Waals surface area contributed by atoms with Crippen molar-refractivity contribution in [2.24, 2.45) is 0 Å². The maximum atomic E-state index is 5.28. The Kier molecular flexibility index (Phi) is 6.57. The van der Waals surface area contributed by atoms with Crippen LogP contribution in [-0.4, -0.2) is 23.7 Å². The number of nitrogens with one attached hydrogen (secondary N) is 2. The Morgan fingerprint density at radius 2 is 1.67 bits per heavy atom. The highest BCUT2D eigenvalue weighted by Gasteiger charge is 1.99. The van der Waals surface area contributed by atoms with E-state index in [0.29, 0.717) is 5.11 Å². The molecule has 0 aliphatic carbocycles. The van der Waals surface area contributed by atoms with Gasteiger partial charge in [0.05, 0.1) is 0 Å². The largest absolute Gasteiger partial charge is 0.362 e. The zero-order chi connectivity index (χ0) is 14.9. The molecule has 0 aliphatic rings. The molecule has 0 saturated carbocycles. The average Bonchev–Trinajstić information content (AvgIpc) is 2.53. The van der Waals surface area contributed by atoms with Crippen LogP contribution in [0.3, 0.4) is 0 Å². The molecule has 0 spiro atoms. The first-order valence-corrected chi connectivity index (χ1v) is 8.79. The van der Waals surface area contributed by atoms with Crippen LogP contribution in [0.4, 0.5) is 5.69 Å². The van der Waals surface area contributed by atoms with Crippen molar-refractivity contribution >= 4 is 34.8 Å². The lowest BCUT2D eigenvalue weighted by Gasteiger charge is -2.11. The van der Waals surface area contributed by atoms with Crippen LogP contribution in [0, 0.1) is 0 Å². The smallest absolute Gasteiger partial charge is 0.170 e. The van der Waals surface area contributed by atoms with E-state index >= 15 is 0 Å². The lowest BCUT2D eigenvalue weighted by molar-refractivity contribution is 0.855. The van der Waals surface area contributed by atoms with Crippen LogP contribution in [-0.2, 0) is 0 Å². The summed E-state index contributed by atoms with van der Waals surface area (Å²) in [6, 6.07) is 18.7. The molecular formula is C17H20N2S2. The topological polar surface area (TPSA) is 24.1 Å². The fourth-order valence-corrected chi connectivity index (χ4v) is 2.62. The second kappa shape index (κ2) is 8.70. The van der Waals surface area contributed by atoms with Crippen molar-refractivity contribution in [3.63, 3.8) is 0 Å². The molecule has 2 rings (SSSR count). The van der Waals surface area contributed by atoms with Crippen molar-refractivity contribution in [2.75, 3.05) is 23.9 Å². The van der Waals surface area contributed by atoms with Crippen LogP contribution in [0.15, 0.2) is 54.6 Å². The first-order valence-electron chi connectivity index (χ1n) is 6.99. The summed E-state index contributed by atoms with van der Waals surface area (Å²) in [4.78, 5) is 0. The van der Waals surface area contributed by atoms with E-state index in [4.69, 9.17) is 12.2 Å². The zero-order valence-electron chi connectivity index (χ0n) is 12.1. The van der Waals surface area contributed by atoms with E-state index in [9.17, 15) is 0 Å². The van der Waals surface area contributed by atoms with Gasteiger partial charge in [0.2, 0.25) is 0 Å². The highest BCUT2D eigenvalue weighted by molar-refractivity contribution is 7.98. The molecule has 0 saturated heterocycles. The van der Waals surface area contributed by atoms with Crippen molar-refractivity contribution in [3.8, 4) is 11.1 Å². The minimum absolute atomic E-state index is 0.684. The number of hydrogen-bond acceptors (Lipinski definition) is 2. The highest BCUT2D eigenvalue weighted by atomic mass is 32.2. The molecule has 0 atom stereocenters. The van der Waals surface area contributed by atoms with Crippen molar-refractivity contribution < 1.29 is 0 Å². The molecule has 0 aliphatic heterocycles. The molecular weight excluding hydrogens is 296 g/mol. The van der Waals surface area contributed by atoms with Gasteiger partial charge in [0.25, 0.3) is 0 Å². The summed E-state index contributed by atoms with van der Waals surface area (Å²) in [5, 5.41) is 7.11. The molecule has 21 heavy (non-hydrogen) atoms. The fourth-order valence-electron chi connectivity index (χ4n) is 1.97. The first kappa shape index (κ1) is 15.9. The van der Waals surface area contributed by atoms with Crippen molar-refractivity contribution in [1.82, 2.24) is 5.32 Å². The van der Waals surface area contributed by atoms with Crippen molar-refractivity contribution in [2.45, 2.75) is 6.42 Å². The molecule has 0 bridgehead atoms. The number of thioether (sulfide) groups is 1. The Hall–Kier alpha value is -1.52. The summed E-state index contributed by atoms with van der Waals surface area (Å²) in [5.41, 5.74) is 3.44. The normalized spacial score (nSPS) is 10.1. The molecule has 0 unspecified atom stereocenters. The maximum Gasteiger partial charge on any atom is 0.170 e. The molecule has 2 nitrogen and oxygen atoms in total. The van der Waals surface area contributed by atoms with Gasteiger partial charge in [-0.15, -0.1) is 0 Å². The number of rotatable bonds is 6. The summed E-state index contributed by atoms with van der Waals surface area (Å²) in [6.45, 7) is 0.911. The predicted molar refractivity (Wildman–Crippen MR) is 99.1 cm³/mol. The SMILES string of the molecule is CSCCCNC(=S)Nc1ccc(-c2ccccc2)cc1. The van der Waals surface area contributed by atoms with E-state index in [0.717, 1.165) is 24.4 Å². The van der Waals surface area contributed by atoms with Gasteiger partial charge in [-0.2, -0.15) is 11.8 Å². The minimum Gasteiger partial charge on any atom is -0.362 e. The van der Waals surface area contributed by atoms with Gasteiger partial charge in [-0.1, -0.05) is 42.5 Å². The van der Waals surface area contributed by atoms with Crippen LogP contribution in [0.5, 0.6) is 0 Å². The third-order valence-electron chi connectivity index (χ3n) is 3.06. The van der Waals surface area contributed by atoms with Gasteiger partial charge in [-0.05, 0) is 53.9 Å². The molecule has 2 N–H and O–H groups in total. The summed E-state index contributed by atoms with van der Waals surface area (Å²) in [6.07, 6.45) is 3.24. The summed E-state index contributed by atoms with van der Waals surface area (Å²) < 4.78 is 0. The van der Waals surface area contributed by atoms with Gasteiger partial charge in [0.1, 0.15) is 0 Å². The number of thiocarbonyl (C=S) groups is 1. The van der Waals surface area contributed by atoms with E-state index in [1.807, 2.05) is 17.8 Å². The Bertz CT molecular complexity index is 553. The Balaban J connectivity index is 1.86. The van der Waals surface area contributed by atoms with E-state index in [1.54, 1.807) is 0 Å². The van der Waals surface area contributed by atoms with Crippen LogP contribution in [0.25, 0.3) is 11.1 Å². The lowest BCUT2D eigenvalue weighted by atomic mass is 10.1. The van der Waals surface area contributed by atoms with Gasteiger partial charge >= 0.3 is 0 Å². The number of hydrogen-bond donors (Lipinski definition) is 2. The van der Waals surface area contributed by atoms with E-state index < -0.39 is 0 Å². The average molecular weight is 316 g/mol. The molecule has 0 radical (unpaired) electrons. The van der Waals surface area contributed by atoms with Crippen molar-refractivity contribution in [3.05, 3.63) is 54.6 Å². The molecule has 2 aromatic rings. The molecule has 110 valence electrons. The van der Waals surface area contributed by atoms with Crippen LogP contribution in [0.1, 0.15) is 6.42 Å². The Labute approximate surface area is 136 Å². The second-order valence-electron chi connectivity index (χ2n) is 4.67. The third-order valence-corrected chi connectivity index (χ3v) is 4.00. The summed E-state index contributed by atoms with van der Waals surface area (Å²) in [7, 11) is 0. The molecule has 0 aromatic heterocycles. The zero-order valence-corrected chi connectivity index (χ0v) is 13.8. The minimum atomic E-state index is 0.684. The van der Waals surface area contributed by atoms with Gasteiger partial charge in [0, 0.05) is 12.2 Å². The lowest BCUT2D eigenvalue weighted by Crippen LogP contribution is -2.29. The molecule has 0 amide bonds. The number of benzene rings is 2. The third kappa shape index (κ3) is 5.40. The van der Waals surface area contributed by atoms with Gasteiger partial charge in [-0.25, -0.2) is 0 Å². The van der Waals surface area contributed by atoms with Crippen LogP contribution in [0.2, 0.25) is 0 Å². The summed E-state index contributed by atoms with van der Waals surface area (Å²) in [5.74, 6) is 1.15. The molecule has 0 fully saturated rings. The first-order chi connectivity index (χ1) is 10.3. The van der Waals surface area contributed by atoms with E-state index in [1.165, 1.54) is 11.1 Å². The fraction of sp³-hybridized carbons (Fsp3) is 0.235. The Morgan fingerprint density at radius 3 is 2.33 bits per heavy atom. The van der Waals surface area contributed by atoms with E-state index in [-0.39, 0.29) is 0 Å². The molecule has 0 heterocycles. The van der Waals surface area contributed by atoms with Crippen LogP contribution < -0.4 is 10.6 Å². The maximum absolute atomic E-state index is 5.28. The number of anilines is 1. The van der Waals surface area contributed by atoms with Gasteiger partial charge in [0.15, 0.2) is 5.11 Å². The standard InChI is InChI=1S/C17H20N2S2/c1-21-13-5-12-18-17(20)19-16-10-8-15(9-11-16)14-6-3-2-4-7-14/h2-4,6-11H,5,12-13H2,1H3,(H2,18,19,20). The molecule has 4 heteroatoms.